The fourth-order valence-electron chi connectivity index (χ4n) is 1.85. The molecular formula is C22H26Cl2N2O. The second kappa shape index (κ2) is 16.0. The lowest BCUT2D eigenvalue weighted by Gasteiger charge is -1.92. The van der Waals surface area contributed by atoms with Crippen molar-refractivity contribution in [3.05, 3.63) is 97.1 Å². The number of alkyl halides is 2. The predicted molar refractivity (Wildman–Crippen MR) is 119 cm³/mol. The highest BCUT2D eigenvalue weighted by Crippen LogP contribution is 2.11. The maximum atomic E-state index is 10.9. The van der Waals surface area contributed by atoms with E-state index in [4.69, 9.17) is 29.0 Å². The number of halogens is 2. The zero-order chi connectivity index (χ0) is 20.5. The summed E-state index contributed by atoms with van der Waals surface area (Å²) in [6.07, 6.45) is 1.31. The Bertz CT molecular complexity index is 709. The number of carbonyl (C=O) groups is 1. The van der Waals surface area contributed by atoms with Gasteiger partial charge in [0.2, 0.25) is 0 Å². The Labute approximate surface area is 172 Å². The van der Waals surface area contributed by atoms with Gasteiger partial charge in [-0.15, -0.1) is 23.2 Å². The van der Waals surface area contributed by atoms with Gasteiger partial charge in [-0.3, -0.25) is 15.6 Å². The third-order valence-corrected chi connectivity index (χ3v) is 2.90. The summed E-state index contributed by atoms with van der Waals surface area (Å²) in [5.74, 6) is 4.92. The molecule has 0 amide bonds. The Kier molecular flexibility index (Phi) is 14.7. The summed E-state index contributed by atoms with van der Waals surface area (Å²) < 4.78 is 0. The molecule has 3 aromatic carbocycles. The molecule has 0 saturated heterocycles. The Morgan fingerprint density at radius 1 is 0.889 bits per heavy atom. The first-order chi connectivity index (χ1) is 13.0. The minimum absolute atomic E-state index is 0.0272. The van der Waals surface area contributed by atoms with Crippen molar-refractivity contribution < 1.29 is 4.79 Å². The summed E-state index contributed by atoms with van der Waals surface area (Å²) in [6.45, 7) is 3.39. The van der Waals surface area contributed by atoms with Gasteiger partial charge in [0, 0.05) is 19.7 Å². The van der Waals surface area contributed by atoms with Crippen molar-refractivity contribution in [2.45, 2.75) is 0 Å². The molecule has 0 aliphatic heterocycles. The minimum Gasteiger partial charge on any atom is -0.289 e. The lowest BCUT2D eigenvalue weighted by molar-refractivity contribution is 0.104. The quantitative estimate of drug-likeness (QED) is 0.195. The van der Waals surface area contributed by atoms with E-state index in [2.05, 4.69) is 55.1 Å². The third kappa shape index (κ3) is 12.8. The number of nitrogens with zero attached hydrogens (tertiary/aromatic N) is 1. The molecule has 0 fully saturated rings. The van der Waals surface area contributed by atoms with Crippen LogP contribution in [0.1, 0.15) is 10.4 Å². The Morgan fingerprint density at radius 2 is 1.19 bits per heavy atom. The first-order valence-corrected chi connectivity index (χ1v) is 9.22. The smallest absolute Gasteiger partial charge is 0.185 e. The average Bonchev–Trinajstić information content (AvgIpc) is 2.69. The summed E-state index contributed by atoms with van der Waals surface area (Å²) in [7, 11) is 3.56. The van der Waals surface area contributed by atoms with Crippen molar-refractivity contribution >= 4 is 39.8 Å². The van der Waals surface area contributed by atoms with Gasteiger partial charge in [0.25, 0.3) is 0 Å². The van der Waals surface area contributed by atoms with Crippen molar-refractivity contribution in [2.75, 3.05) is 19.4 Å². The Morgan fingerprint density at radius 3 is 1.48 bits per heavy atom. The van der Waals surface area contributed by atoms with Gasteiger partial charge >= 0.3 is 0 Å². The fraction of sp³-hybridized carbons (Fsp3) is 0.136. The van der Waals surface area contributed by atoms with E-state index in [9.17, 15) is 4.79 Å². The predicted octanol–water partition coefficient (Wildman–Crippen LogP) is 5.74. The summed E-state index contributed by atoms with van der Waals surface area (Å²) >= 11 is 9.53. The summed E-state index contributed by atoms with van der Waals surface area (Å²) in [6, 6.07) is 25.8. The number of hydrazine groups is 1. The molecule has 0 aromatic heterocycles. The van der Waals surface area contributed by atoms with Crippen LogP contribution in [-0.4, -0.2) is 30.2 Å². The Balaban J connectivity index is 0.000000377. The lowest BCUT2D eigenvalue weighted by atomic mass is 10.1. The zero-order valence-corrected chi connectivity index (χ0v) is 17.2. The van der Waals surface area contributed by atoms with Gasteiger partial charge in [-0.05, 0) is 16.8 Å². The third-order valence-electron chi connectivity index (χ3n) is 2.90. The van der Waals surface area contributed by atoms with Gasteiger partial charge < -0.3 is 0 Å². The molecule has 0 atom stereocenters. The highest BCUT2D eigenvalue weighted by atomic mass is 35.5. The van der Waals surface area contributed by atoms with Crippen LogP contribution in [0.15, 0.2) is 91.5 Å². The molecular weight excluding hydrogens is 379 g/mol. The molecule has 0 unspecified atom stereocenters. The molecule has 5 heteroatoms. The molecule has 0 aliphatic carbocycles. The van der Waals surface area contributed by atoms with E-state index in [0.717, 1.165) is 0 Å². The van der Waals surface area contributed by atoms with Crippen LogP contribution in [0.2, 0.25) is 0 Å². The molecule has 0 bridgehead atoms. The number of ketones is 1. The fourth-order valence-corrected chi connectivity index (χ4v) is 1.85. The molecule has 144 valence electrons. The van der Waals surface area contributed by atoms with Gasteiger partial charge in [-0.1, -0.05) is 85.4 Å². The Hall–Kier alpha value is -2.17. The summed E-state index contributed by atoms with van der Waals surface area (Å²) in [5.41, 5.74) is 0.692. The van der Waals surface area contributed by atoms with Crippen molar-refractivity contribution in [2.24, 2.45) is 5.84 Å². The SMILES string of the molecule is C=CC(=O)c1ccccc1.CN(C)N.ClCCl.c1ccc2ccccc2c1. The van der Waals surface area contributed by atoms with Crippen molar-refractivity contribution in [1.29, 1.82) is 0 Å². The average molecular weight is 405 g/mol. The van der Waals surface area contributed by atoms with Crippen LogP contribution in [0.3, 0.4) is 0 Å². The van der Waals surface area contributed by atoms with E-state index in [1.165, 1.54) is 21.9 Å². The van der Waals surface area contributed by atoms with E-state index in [0.29, 0.717) is 5.56 Å². The normalized spacial score (nSPS) is 8.96. The highest BCUT2D eigenvalue weighted by molar-refractivity contribution is 6.40. The molecule has 0 radical (unpaired) electrons. The molecule has 0 saturated carbocycles. The topological polar surface area (TPSA) is 46.3 Å². The number of hydrogen-bond acceptors (Lipinski definition) is 3. The van der Waals surface area contributed by atoms with Crippen molar-refractivity contribution in [3.63, 3.8) is 0 Å². The number of benzene rings is 3. The first-order valence-electron chi connectivity index (χ1n) is 8.15. The second-order valence-corrected chi connectivity index (χ2v) is 6.15. The van der Waals surface area contributed by atoms with Crippen LogP contribution in [0, 0.1) is 0 Å². The van der Waals surface area contributed by atoms with Crippen LogP contribution in [0.4, 0.5) is 0 Å². The van der Waals surface area contributed by atoms with Crippen LogP contribution in [-0.2, 0) is 0 Å². The number of nitrogens with two attached hydrogens (primary N) is 1. The van der Waals surface area contributed by atoms with Crippen LogP contribution in [0.25, 0.3) is 10.8 Å². The molecule has 27 heavy (non-hydrogen) atoms. The van der Waals surface area contributed by atoms with E-state index < -0.39 is 0 Å². The number of hydrogen-bond donors (Lipinski definition) is 1. The highest BCUT2D eigenvalue weighted by Gasteiger charge is 1.95. The minimum atomic E-state index is -0.0272. The van der Waals surface area contributed by atoms with Crippen LogP contribution < -0.4 is 5.84 Å². The van der Waals surface area contributed by atoms with E-state index in [1.54, 1.807) is 26.2 Å². The molecule has 0 heterocycles. The van der Waals surface area contributed by atoms with E-state index in [1.807, 2.05) is 18.2 Å². The monoisotopic (exact) mass is 404 g/mol. The first kappa shape index (κ1) is 24.8. The number of carbonyl (C=O) groups excluding carboxylic acids is 1. The van der Waals surface area contributed by atoms with Crippen LogP contribution in [0.5, 0.6) is 0 Å². The molecule has 0 aliphatic rings. The maximum Gasteiger partial charge on any atom is 0.185 e. The molecule has 3 rings (SSSR count). The summed E-state index contributed by atoms with van der Waals surface area (Å²) in [5, 5.41) is 4.31. The molecule has 2 N–H and O–H groups in total. The van der Waals surface area contributed by atoms with Crippen LogP contribution >= 0.6 is 23.2 Å². The molecule has 0 spiro atoms. The largest absolute Gasteiger partial charge is 0.289 e. The lowest BCUT2D eigenvalue weighted by Crippen LogP contribution is -2.18. The maximum absolute atomic E-state index is 10.9. The van der Waals surface area contributed by atoms with Gasteiger partial charge in [0.05, 0.1) is 5.34 Å². The van der Waals surface area contributed by atoms with Gasteiger partial charge in [0.1, 0.15) is 0 Å². The van der Waals surface area contributed by atoms with Gasteiger partial charge in [-0.2, -0.15) is 0 Å². The molecule has 3 aromatic rings. The number of fused-ring (bicyclic) bond motifs is 1. The van der Waals surface area contributed by atoms with Gasteiger partial charge in [0.15, 0.2) is 5.78 Å². The zero-order valence-electron chi connectivity index (χ0n) is 15.7. The van der Waals surface area contributed by atoms with Gasteiger partial charge in [-0.25, -0.2) is 0 Å². The van der Waals surface area contributed by atoms with E-state index >= 15 is 0 Å². The second-order valence-electron chi connectivity index (χ2n) is 5.35. The number of allylic oxidation sites excluding steroid dienone is 1. The van der Waals surface area contributed by atoms with E-state index in [-0.39, 0.29) is 11.1 Å². The standard InChI is InChI=1S/C10H8.C9H8O.C2H8N2.CH2Cl2/c1-2-6-10-8-4-3-7-9(10)5-1;1-2-9(10)8-6-4-3-5-7-8;1-4(2)3;2-1-3/h1-8H;2-7H,1H2;3H2,1-2H3;1H2. The van der Waals surface area contributed by atoms with Crippen molar-refractivity contribution in [3.8, 4) is 0 Å². The molecule has 3 nitrogen and oxygen atoms in total. The summed E-state index contributed by atoms with van der Waals surface area (Å²) in [4.78, 5) is 10.9. The van der Waals surface area contributed by atoms with Crippen molar-refractivity contribution in [1.82, 2.24) is 5.01 Å². The number of rotatable bonds is 2.